The van der Waals surface area contributed by atoms with Gasteiger partial charge in [-0.3, -0.25) is 4.79 Å². The van der Waals surface area contributed by atoms with Gasteiger partial charge in [0, 0.05) is 30.5 Å². The van der Waals surface area contributed by atoms with E-state index in [1.165, 1.54) is 31.0 Å². The van der Waals surface area contributed by atoms with Crippen LogP contribution < -0.4 is 5.32 Å². The van der Waals surface area contributed by atoms with Gasteiger partial charge in [0.05, 0.1) is 11.2 Å². The van der Waals surface area contributed by atoms with Crippen molar-refractivity contribution in [2.24, 2.45) is 0 Å². The maximum Gasteiger partial charge on any atom is 0.221 e. The molecule has 3 aromatic rings. The van der Waals surface area contributed by atoms with Gasteiger partial charge in [0.2, 0.25) is 5.91 Å². The number of rotatable bonds is 6. The fraction of sp³-hybridized carbons (Fsp3) is 0.444. The number of benzene rings is 2. The largest absolute Gasteiger partial charge is 0.353 e. The van der Waals surface area contributed by atoms with Gasteiger partial charge in [-0.1, -0.05) is 13.8 Å². The minimum Gasteiger partial charge on any atom is -0.353 e. The van der Waals surface area contributed by atoms with Gasteiger partial charge in [0.25, 0.3) is 0 Å². The molecule has 4 nitrogen and oxygen atoms in total. The first-order valence-electron chi connectivity index (χ1n) is 12.3. The first-order chi connectivity index (χ1) is 16.5. The average molecular weight is 472 g/mol. The summed E-state index contributed by atoms with van der Waals surface area (Å²) in [4.78, 5) is 17.7. The molecule has 1 aliphatic heterocycles. The third-order valence-corrected chi connectivity index (χ3v) is 6.76. The van der Waals surface area contributed by atoms with Crippen LogP contribution in [0.4, 0.5) is 13.2 Å². The first kappa shape index (κ1) is 24.3. The third kappa shape index (κ3) is 5.14. The molecule has 0 unspecified atom stereocenters. The van der Waals surface area contributed by atoms with Crippen LogP contribution in [0.2, 0.25) is 0 Å². The number of amides is 1. The summed E-state index contributed by atoms with van der Waals surface area (Å²) in [5.41, 5.74) is 2.47. The zero-order valence-electron chi connectivity index (χ0n) is 19.8. The molecule has 0 spiro atoms. The number of hydrogen-bond acceptors (Lipinski definition) is 2. The third-order valence-electron chi connectivity index (χ3n) is 6.76. The van der Waals surface area contributed by atoms with E-state index in [0.29, 0.717) is 30.3 Å². The highest BCUT2D eigenvalue weighted by atomic mass is 19.1. The highest BCUT2D eigenvalue weighted by Gasteiger charge is 2.35. The molecule has 34 heavy (non-hydrogen) atoms. The molecule has 0 atom stereocenters. The van der Waals surface area contributed by atoms with Crippen LogP contribution in [-0.4, -0.2) is 41.5 Å². The van der Waals surface area contributed by atoms with Crippen LogP contribution >= 0.6 is 0 Å². The smallest absolute Gasteiger partial charge is 0.221 e. The van der Waals surface area contributed by atoms with Crippen molar-refractivity contribution in [1.82, 2.24) is 15.2 Å². The summed E-state index contributed by atoms with van der Waals surface area (Å²) in [5.74, 6) is -1.54. The maximum atomic E-state index is 14.5. The summed E-state index contributed by atoms with van der Waals surface area (Å²) in [5, 5.41) is 3.60. The quantitative estimate of drug-likeness (QED) is 0.455. The second kappa shape index (κ2) is 10.6. The highest BCUT2D eigenvalue weighted by Crippen LogP contribution is 2.45. The van der Waals surface area contributed by atoms with E-state index in [1.807, 2.05) is 13.8 Å². The van der Waals surface area contributed by atoms with Crippen molar-refractivity contribution < 1.29 is 18.0 Å². The number of hydrogen-bond donors (Lipinski definition) is 2. The fourth-order valence-electron chi connectivity index (χ4n) is 5.05. The van der Waals surface area contributed by atoms with Crippen molar-refractivity contribution in [3.8, 4) is 11.3 Å². The van der Waals surface area contributed by atoms with Gasteiger partial charge in [-0.15, -0.1) is 0 Å². The lowest BCUT2D eigenvalue weighted by molar-refractivity contribution is -0.122. The Hall–Kier alpha value is -2.80. The van der Waals surface area contributed by atoms with Crippen LogP contribution in [-0.2, 0) is 4.79 Å². The SMILES string of the molecule is CC.O=C(CCN1CCCC1)NC1CC(c2c(-c3ccc(F)cc3)[nH]c3c(F)cc(F)cc23)C1. The van der Waals surface area contributed by atoms with Crippen molar-refractivity contribution in [2.45, 2.75) is 57.9 Å². The summed E-state index contributed by atoms with van der Waals surface area (Å²) in [6, 6.07) is 8.23. The Morgan fingerprint density at radius 2 is 1.71 bits per heavy atom. The number of H-pyrrole nitrogens is 1. The Kier molecular flexibility index (Phi) is 7.61. The van der Waals surface area contributed by atoms with Gasteiger partial charge in [-0.25, -0.2) is 13.2 Å². The number of fused-ring (bicyclic) bond motifs is 1. The van der Waals surface area contributed by atoms with Crippen molar-refractivity contribution in [1.29, 1.82) is 0 Å². The number of aromatic amines is 1. The lowest BCUT2D eigenvalue weighted by atomic mass is 9.74. The number of carbonyl (C=O) groups is 1. The molecule has 2 aliphatic rings. The Morgan fingerprint density at radius 1 is 1.03 bits per heavy atom. The number of carbonyl (C=O) groups excluding carboxylic acids is 1. The van der Waals surface area contributed by atoms with Crippen molar-refractivity contribution in [3.63, 3.8) is 0 Å². The lowest BCUT2D eigenvalue weighted by Gasteiger charge is -2.36. The van der Waals surface area contributed by atoms with Crippen LogP contribution in [0.5, 0.6) is 0 Å². The zero-order chi connectivity index (χ0) is 24.2. The minimum atomic E-state index is -0.652. The molecule has 0 radical (unpaired) electrons. The van der Waals surface area contributed by atoms with Crippen LogP contribution in [0.15, 0.2) is 36.4 Å². The first-order valence-corrected chi connectivity index (χ1v) is 12.3. The number of nitrogens with one attached hydrogen (secondary N) is 2. The topological polar surface area (TPSA) is 48.1 Å². The molecule has 2 N–H and O–H groups in total. The number of likely N-dealkylation sites (tertiary alicyclic amines) is 1. The predicted molar refractivity (Wildman–Crippen MR) is 129 cm³/mol. The van der Waals surface area contributed by atoms with Crippen molar-refractivity contribution >= 4 is 16.8 Å². The molecule has 0 bridgehead atoms. The molecule has 2 heterocycles. The number of nitrogens with zero attached hydrogens (tertiary/aromatic N) is 1. The van der Waals surface area contributed by atoms with Gasteiger partial charge in [-0.2, -0.15) is 0 Å². The van der Waals surface area contributed by atoms with E-state index < -0.39 is 11.6 Å². The summed E-state index contributed by atoms with van der Waals surface area (Å²) in [6.45, 7) is 6.93. The average Bonchev–Trinajstić information content (AvgIpc) is 3.45. The number of halogens is 3. The summed E-state index contributed by atoms with van der Waals surface area (Å²) in [7, 11) is 0. The molecule has 1 saturated heterocycles. The van der Waals surface area contributed by atoms with E-state index in [0.717, 1.165) is 36.8 Å². The second-order valence-corrected chi connectivity index (χ2v) is 8.96. The van der Waals surface area contributed by atoms with Gasteiger partial charge >= 0.3 is 0 Å². The predicted octanol–water partition coefficient (Wildman–Crippen LogP) is 6.13. The van der Waals surface area contributed by atoms with E-state index >= 15 is 0 Å². The summed E-state index contributed by atoms with van der Waals surface area (Å²) < 4.78 is 41.9. The Labute approximate surface area is 198 Å². The molecule has 7 heteroatoms. The highest BCUT2D eigenvalue weighted by molar-refractivity contribution is 5.92. The van der Waals surface area contributed by atoms with E-state index in [4.69, 9.17) is 0 Å². The molecule has 2 aromatic carbocycles. The van der Waals surface area contributed by atoms with Gasteiger partial charge in [-0.05, 0) is 86.1 Å². The van der Waals surface area contributed by atoms with E-state index in [1.54, 1.807) is 12.1 Å². The van der Waals surface area contributed by atoms with Crippen molar-refractivity contribution in [3.05, 3.63) is 59.4 Å². The van der Waals surface area contributed by atoms with E-state index in [-0.39, 0.29) is 29.2 Å². The van der Waals surface area contributed by atoms with Crippen LogP contribution in [0.3, 0.4) is 0 Å². The van der Waals surface area contributed by atoms with Crippen molar-refractivity contribution in [2.75, 3.05) is 19.6 Å². The molecule has 1 amide bonds. The molecule has 182 valence electrons. The zero-order valence-corrected chi connectivity index (χ0v) is 19.8. The minimum absolute atomic E-state index is 0.0499. The monoisotopic (exact) mass is 471 g/mol. The molecular formula is C27H32F3N3O. The molecular weight excluding hydrogens is 439 g/mol. The second-order valence-electron chi connectivity index (χ2n) is 8.96. The van der Waals surface area contributed by atoms with E-state index in [2.05, 4.69) is 15.2 Å². The Morgan fingerprint density at radius 3 is 2.38 bits per heavy atom. The molecule has 5 rings (SSSR count). The summed E-state index contributed by atoms with van der Waals surface area (Å²) >= 11 is 0. The maximum absolute atomic E-state index is 14.5. The van der Waals surface area contributed by atoms with Gasteiger partial charge in [0.1, 0.15) is 17.5 Å². The van der Waals surface area contributed by atoms with E-state index in [9.17, 15) is 18.0 Å². The lowest BCUT2D eigenvalue weighted by Crippen LogP contribution is -2.44. The van der Waals surface area contributed by atoms with Crippen LogP contribution in [0.25, 0.3) is 22.2 Å². The Bertz CT molecular complexity index is 1130. The fourth-order valence-corrected chi connectivity index (χ4v) is 5.05. The molecule has 1 aromatic heterocycles. The number of aromatic nitrogens is 1. The molecule has 1 saturated carbocycles. The molecule has 1 aliphatic carbocycles. The van der Waals surface area contributed by atoms with Crippen LogP contribution in [0.1, 0.15) is 57.4 Å². The summed E-state index contributed by atoms with van der Waals surface area (Å²) in [6.07, 6.45) is 4.30. The normalized spacial score (nSPS) is 20.0. The standard InChI is InChI=1S/C25H26F3N3O.C2H6/c26-17-5-3-15(4-6-17)24-23(20-13-18(27)14-21(28)25(20)30-24)16-11-19(12-16)29-22(32)7-10-31-8-1-2-9-31;1-2/h3-6,13-14,16,19,30H,1-2,7-12H2,(H,29,32);1-2H3. The van der Waals surface area contributed by atoms with Gasteiger partial charge in [0.15, 0.2) is 0 Å². The molecule has 2 fully saturated rings. The van der Waals surface area contributed by atoms with Crippen LogP contribution in [0, 0.1) is 17.5 Å². The van der Waals surface area contributed by atoms with Gasteiger partial charge < -0.3 is 15.2 Å². The Balaban J connectivity index is 0.00000133.